The van der Waals surface area contributed by atoms with Gasteiger partial charge in [-0.1, -0.05) is 18.2 Å². The third-order valence-corrected chi connectivity index (χ3v) is 4.64. The molecule has 1 aromatic heterocycles. The van der Waals surface area contributed by atoms with Crippen molar-refractivity contribution in [3.05, 3.63) is 63.8 Å². The van der Waals surface area contributed by atoms with Crippen molar-refractivity contribution in [3.63, 3.8) is 0 Å². The highest BCUT2D eigenvalue weighted by Crippen LogP contribution is 2.23. The van der Waals surface area contributed by atoms with Gasteiger partial charge in [-0.3, -0.25) is 14.8 Å². The molecule has 1 aromatic carbocycles. The molecule has 1 atom stereocenters. The Balaban J connectivity index is 1.81. The Morgan fingerprint density at radius 2 is 2.10 bits per heavy atom. The quantitative estimate of drug-likeness (QED) is 0.459. The molecule has 0 aliphatic carbocycles. The van der Waals surface area contributed by atoms with Crippen LogP contribution < -0.4 is 15.9 Å². The Morgan fingerprint density at radius 1 is 1.38 bits per heavy atom. The fourth-order valence-corrected chi connectivity index (χ4v) is 3.04. The smallest absolute Gasteiger partial charge is 0.345 e. The van der Waals surface area contributed by atoms with E-state index in [9.17, 15) is 9.59 Å². The van der Waals surface area contributed by atoms with E-state index in [2.05, 4.69) is 15.5 Å². The molecule has 8 heteroatoms. The Kier molecular flexibility index (Phi) is 6.11. The maximum atomic E-state index is 12.8. The first-order valence-corrected chi connectivity index (χ1v) is 9.48. The van der Waals surface area contributed by atoms with E-state index in [4.69, 9.17) is 4.74 Å². The first kappa shape index (κ1) is 20.3. The van der Waals surface area contributed by atoms with Crippen LogP contribution in [0, 0.1) is 0 Å². The number of fused-ring (bicyclic) bond motifs is 1. The number of anilines is 1. The van der Waals surface area contributed by atoms with Crippen molar-refractivity contribution in [1.82, 2.24) is 15.0 Å². The summed E-state index contributed by atoms with van der Waals surface area (Å²) < 4.78 is 6.46. The lowest BCUT2D eigenvalue weighted by atomic mass is 10.1. The average molecular weight is 395 g/mol. The first-order valence-electron chi connectivity index (χ1n) is 9.48. The number of allylic oxidation sites excluding steroid dienone is 1. The van der Waals surface area contributed by atoms with Crippen molar-refractivity contribution in [2.24, 2.45) is 5.10 Å². The number of benzene rings is 1. The second-order valence-electron chi connectivity index (χ2n) is 6.95. The molecule has 1 unspecified atom stereocenters. The van der Waals surface area contributed by atoms with Crippen molar-refractivity contribution >= 4 is 23.6 Å². The van der Waals surface area contributed by atoms with E-state index in [1.165, 1.54) is 10.8 Å². The minimum Gasteiger partial charge on any atom is -0.462 e. The normalized spacial score (nSPS) is 15.6. The zero-order valence-corrected chi connectivity index (χ0v) is 17.0. The molecule has 1 N–H and O–H groups in total. The maximum absolute atomic E-state index is 12.8. The zero-order chi connectivity index (χ0) is 21.0. The molecule has 29 heavy (non-hydrogen) atoms. The molecule has 0 spiro atoms. The molecule has 0 fully saturated rings. The monoisotopic (exact) mass is 395 g/mol. The van der Waals surface area contributed by atoms with Crippen LogP contribution in [0.15, 0.2) is 46.4 Å². The highest BCUT2D eigenvalue weighted by Gasteiger charge is 2.24. The van der Waals surface area contributed by atoms with Gasteiger partial charge in [0.15, 0.2) is 5.82 Å². The number of aromatic nitrogens is 2. The summed E-state index contributed by atoms with van der Waals surface area (Å²) in [5.41, 5.74) is 5.17. The molecule has 0 bridgehead atoms. The van der Waals surface area contributed by atoms with Gasteiger partial charge < -0.3 is 9.64 Å². The van der Waals surface area contributed by atoms with Crippen LogP contribution in [0.4, 0.5) is 5.69 Å². The number of hydrogen-bond donors (Lipinski definition) is 1. The van der Waals surface area contributed by atoms with Crippen molar-refractivity contribution in [2.45, 2.75) is 26.3 Å². The second-order valence-corrected chi connectivity index (χ2v) is 6.95. The fourth-order valence-electron chi connectivity index (χ4n) is 3.04. The molecule has 0 radical (unpaired) electrons. The van der Waals surface area contributed by atoms with E-state index in [1.54, 1.807) is 13.1 Å². The van der Waals surface area contributed by atoms with Crippen LogP contribution in [0.25, 0.3) is 5.70 Å². The summed E-state index contributed by atoms with van der Waals surface area (Å²) in [7, 11) is 3.97. The van der Waals surface area contributed by atoms with Crippen LogP contribution in [-0.4, -0.2) is 42.4 Å². The third kappa shape index (κ3) is 4.37. The number of ether oxygens (including phenoxy) is 1. The lowest BCUT2D eigenvalue weighted by Gasteiger charge is -2.24. The minimum atomic E-state index is -0.657. The molecule has 1 aliphatic heterocycles. The highest BCUT2D eigenvalue weighted by atomic mass is 16.5. The van der Waals surface area contributed by atoms with Gasteiger partial charge in [0, 0.05) is 32.0 Å². The molecule has 0 amide bonds. The average Bonchev–Trinajstić information content (AvgIpc) is 2.70. The van der Waals surface area contributed by atoms with Crippen LogP contribution in [0.3, 0.4) is 0 Å². The van der Waals surface area contributed by atoms with E-state index >= 15 is 0 Å². The van der Waals surface area contributed by atoms with Gasteiger partial charge in [0.05, 0.1) is 18.5 Å². The first-order chi connectivity index (χ1) is 13.9. The van der Waals surface area contributed by atoms with E-state index in [-0.39, 0.29) is 18.2 Å². The van der Waals surface area contributed by atoms with Crippen molar-refractivity contribution < 1.29 is 9.53 Å². The van der Waals surface area contributed by atoms with E-state index in [0.29, 0.717) is 17.9 Å². The van der Waals surface area contributed by atoms with E-state index in [0.717, 1.165) is 11.3 Å². The lowest BCUT2D eigenvalue weighted by molar-refractivity contribution is 0.0522. The van der Waals surface area contributed by atoms with Gasteiger partial charge in [0.2, 0.25) is 0 Å². The molecular weight excluding hydrogens is 370 g/mol. The summed E-state index contributed by atoms with van der Waals surface area (Å²) >= 11 is 0. The van der Waals surface area contributed by atoms with Crippen molar-refractivity contribution in [1.29, 1.82) is 0 Å². The van der Waals surface area contributed by atoms with Gasteiger partial charge in [-0.05, 0) is 38.0 Å². The number of carbonyl (C=O) groups excluding carboxylic acids is 1. The van der Waals surface area contributed by atoms with Gasteiger partial charge in [-0.15, -0.1) is 0 Å². The standard InChI is InChI=1S/C21H25N5O3/c1-5-29-21(28)17-13-22-19-18(11-6-14(2)26(19)20(17)27)24-23-12-15-7-9-16(10-8-15)25(3)4/h7-14,24H,5-6H2,1-4H3/b23-12+. The predicted molar refractivity (Wildman–Crippen MR) is 113 cm³/mol. The molecule has 8 nitrogen and oxygen atoms in total. The molecular formula is C21H25N5O3. The summed E-state index contributed by atoms with van der Waals surface area (Å²) in [5.74, 6) is -0.211. The molecule has 3 rings (SSSR count). The summed E-state index contributed by atoms with van der Waals surface area (Å²) in [5, 5.41) is 4.28. The van der Waals surface area contributed by atoms with Crippen molar-refractivity contribution in [2.75, 3.05) is 25.6 Å². The maximum Gasteiger partial charge on any atom is 0.345 e. The van der Waals surface area contributed by atoms with Gasteiger partial charge in [-0.25, -0.2) is 9.78 Å². The van der Waals surface area contributed by atoms with E-state index < -0.39 is 11.5 Å². The van der Waals surface area contributed by atoms with E-state index in [1.807, 2.05) is 56.3 Å². The predicted octanol–water partition coefficient (Wildman–Crippen LogP) is 2.42. The fraction of sp³-hybridized carbons (Fsp3) is 0.333. The van der Waals surface area contributed by atoms with Crippen LogP contribution in [0.1, 0.15) is 48.1 Å². The SMILES string of the molecule is CCOC(=O)c1cnc2n(c1=O)C(C)CC=C2N/N=C/c1ccc(N(C)C)cc1. The van der Waals surface area contributed by atoms with Gasteiger partial charge in [0.25, 0.3) is 5.56 Å². The minimum absolute atomic E-state index is 0.0619. The topological polar surface area (TPSA) is 88.8 Å². The van der Waals surface area contributed by atoms with Crippen LogP contribution in [0.5, 0.6) is 0 Å². The van der Waals surface area contributed by atoms with Crippen LogP contribution >= 0.6 is 0 Å². The Hall–Kier alpha value is -3.42. The summed E-state index contributed by atoms with van der Waals surface area (Å²) in [4.78, 5) is 31.1. The summed E-state index contributed by atoms with van der Waals surface area (Å²) in [6.07, 6.45) is 5.54. The number of rotatable bonds is 6. The Morgan fingerprint density at radius 3 is 2.76 bits per heavy atom. The second kappa shape index (κ2) is 8.72. The largest absolute Gasteiger partial charge is 0.462 e. The number of carbonyl (C=O) groups is 1. The number of esters is 1. The molecule has 2 heterocycles. The molecule has 0 saturated heterocycles. The van der Waals surface area contributed by atoms with Crippen LogP contribution in [-0.2, 0) is 4.74 Å². The highest BCUT2D eigenvalue weighted by molar-refractivity contribution is 5.88. The van der Waals surface area contributed by atoms with Crippen LogP contribution in [0.2, 0.25) is 0 Å². The lowest BCUT2D eigenvalue weighted by Crippen LogP contribution is -2.35. The Bertz CT molecular complexity index is 1010. The third-order valence-electron chi connectivity index (χ3n) is 4.64. The number of nitrogens with one attached hydrogen (secondary N) is 1. The van der Waals surface area contributed by atoms with Gasteiger partial charge in [-0.2, -0.15) is 5.10 Å². The van der Waals surface area contributed by atoms with Gasteiger partial charge in [0.1, 0.15) is 5.56 Å². The molecule has 0 saturated carbocycles. The number of nitrogens with zero attached hydrogens (tertiary/aromatic N) is 4. The van der Waals surface area contributed by atoms with Crippen molar-refractivity contribution in [3.8, 4) is 0 Å². The number of hydrazone groups is 1. The molecule has 1 aliphatic rings. The molecule has 152 valence electrons. The van der Waals surface area contributed by atoms with Gasteiger partial charge >= 0.3 is 5.97 Å². The number of hydrogen-bond acceptors (Lipinski definition) is 7. The summed E-state index contributed by atoms with van der Waals surface area (Å²) in [6, 6.07) is 7.85. The Labute approximate surface area is 169 Å². The summed E-state index contributed by atoms with van der Waals surface area (Å²) in [6.45, 7) is 3.80. The molecule has 2 aromatic rings. The zero-order valence-electron chi connectivity index (χ0n) is 17.0.